The van der Waals surface area contributed by atoms with Crippen molar-refractivity contribution in [1.29, 1.82) is 0 Å². The van der Waals surface area contributed by atoms with Crippen molar-refractivity contribution >= 4 is 11.9 Å². The van der Waals surface area contributed by atoms with Crippen molar-refractivity contribution in [2.24, 2.45) is 0 Å². The number of hydrogen-bond donors (Lipinski definition) is 0. The standard InChI is InChI=1S/C16H6F8O4/c17-11-3-1-7(15(19,20)21)5-9(11)13(25)27-28-14(26)10-6-8(16(22,23)24)2-4-12(10)18/h1-6H. The van der Waals surface area contributed by atoms with Gasteiger partial charge >= 0.3 is 24.3 Å². The molecule has 0 unspecified atom stereocenters. The van der Waals surface area contributed by atoms with Gasteiger partial charge in [-0.15, -0.1) is 0 Å². The van der Waals surface area contributed by atoms with E-state index in [1.807, 2.05) is 0 Å². The lowest BCUT2D eigenvalue weighted by molar-refractivity contribution is -0.188. The Morgan fingerprint density at radius 3 is 1.25 bits per heavy atom. The first-order valence-electron chi connectivity index (χ1n) is 6.97. The molecule has 0 aromatic heterocycles. The summed E-state index contributed by atoms with van der Waals surface area (Å²) in [6, 6.07) is 1.39. The summed E-state index contributed by atoms with van der Waals surface area (Å²) in [5, 5.41) is 0. The minimum Gasteiger partial charge on any atom is -0.241 e. The summed E-state index contributed by atoms with van der Waals surface area (Å²) >= 11 is 0. The highest BCUT2D eigenvalue weighted by molar-refractivity contribution is 5.92. The van der Waals surface area contributed by atoms with Crippen molar-refractivity contribution in [3.8, 4) is 0 Å². The second-order valence-corrected chi connectivity index (χ2v) is 5.13. The number of carbonyl (C=O) groups excluding carboxylic acids is 2. The summed E-state index contributed by atoms with van der Waals surface area (Å²) in [4.78, 5) is 30.9. The molecule has 2 aromatic carbocycles. The molecule has 0 radical (unpaired) electrons. The molecule has 0 atom stereocenters. The molecule has 0 N–H and O–H groups in total. The number of hydrogen-bond acceptors (Lipinski definition) is 4. The quantitative estimate of drug-likeness (QED) is 0.397. The Bertz CT molecular complexity index is 842. The summed E-state index contributed by atoms with van der Waals surface area (Å²) in [6.45, 7) is 0. The monoisotopic (exact) mass is 414 g/mol. The SMILES string of the molecule is O=C(OOC(=O)c1cc(C(F)(F)F)ccc1F)c1cc(C(F)(F)F)ccc1F. The normalized spacial score (nSPS) is 11.9. The lowest BCUT2D eigenvalue weighted by Gasteiger charge is -2.10. The van der Waals surface area contributed by atoms with Crippen molar-refractivity contribution in [2.45, 2.75) is 12.4 Å². The lowest BCUT2D eigenvalue weighted by Crippen LogP contribution is -2.16. The zero-order valence-corrected chi connectivity index (χ0v) is 13.1. The highest BCUT2D eigenvalue weighted by Gasteiger charge is 2.34. The van der Waals surface area contributed by atoms with Crippen LogP contribution in [0.25, 0.3) is 0 Å². The van der Waals surface area contributed by atoms with Crippen LogP contribution in [0.5, 0.6) is 0 Å². The zero-order chi connectivity index (χ0) is 21.3. The van der Waals surface area contributed by atoms with Gasteiger partial charge in [-0.05, 0) is 36.4 Å². The molecule has 150 valence electrons. The van der Waals surface area contributed by atoms with E-state index in [0.29, 0.717) is 24.3 Å². The Labute approximate surface area is 150 Å². The first-order valence-corrected chi connectivity index (χ1v) is 6.97. The van der Waals surface area contributed by atoms with Gasteiger partial charge in [0.15, 0.2) is 0 Å². The van der Waals surface area contributed by atoms with Crippen LogP contribution in [0.1, 0.15) is 31.8 Å². The first-order chi connectivity index (χ1) is 12.8. The maximum absolute atomic E-state index is 13.5. The van der Waals surface area contributed by atoms with Crippen molar-refractivity contribution < 1.29 is 54.5 Å². The minimum absolute atomic E-state index is 0.0658. The van der Waals surface area contributed by atoms with Gasteiger partial charge in [0.05, 0.1) is 11.1 Å². The Hall–Kier alpha value is -3.18. The summed E-state index contributed by atoms with van der Waals surface area (Å²) in [5.74, 6) is -6.72. The lowest BCUT2D eigenvalue weighted by atomic mass is 10.1. The molecule has 4 nitrogen and oxygen atoms in total. The highest BCUT2D eigenvalue weighted by Crippen LogP contribution is 2.31. The van der Waals surface area contributed by atoms with Gasteiger partial charge < -0.3 is 0 Å². The van der Waals surface area contributed by atoms with Gasteiger partial charge in [0.2, 0.25) is 0 Å². The summed E-state index contributed by atoms with van der Waals surface area (Å²) in [7, 11) is 0. The molecular formula is C16H6F8O4. The summed E-state index contributed by atoms with van der Waals surface area (Å²) in [6.07, 6.45) is -9.86. The van der Waals surface area contributed by atoms with E-state index in [0.717, 1.165) is 0 Å². The smallest absolute Gasteiger partial charge is 0.241 e. The van der Waals surface area contributed by atoms with Crippen LogP contribution in [-0.2, 0) is 22.1 Å². The van der Waals surface area contributed by atoms with Gasteiger partial charge in [0, 0.05) is 0 Å². The Morgan fingerprint density at radius 2 is 0.964 bits per heavy atom. The summed E-state index contributed by atoms with van der Waals surface area (Å²) in [5.41, 5.74) is -5.38. The second kappa shape index (κ2) is 7.44. The molecule has 0 heterocycles. The van der Waals surface area contributed by atoms with Crippen LogP contribution >= 0.6 is 0 Å². The van der Waals surface area contributed by atoms with Gasteiger partial charge in [-0.25, -0.2) is 28.1 Å². The molecule has 0 aliphatic heterocycles. The average molecular weight is 414 g/mol. The number of alkyl halides is 6. The molecule has 0 saturated heterocycles. The molecular weight excluding hydrogens is 408 g/mol. The fourth-order valence-electron chi connectivity index (χ4n) is 1.88. The highest BCUT2D eigenvalue weighted by atomic mass is 19.4. The number of rotatable bonds is 2. The van der Waals surface area contributed by atoms with Crippen LogP contribution in [0.3, 0.4) is 0 Å². The third-order valence-corrected chi connectivity index (χ3v) is 3.22. The zero-order valence-electron chi connectivity index (χ0n) is 13.1. The molecule has 2 rings (SSSR count). The van der Waals surface area contributed by atoms with Crippen LogP contribution < -0.4 is 0 Å². The average Bonchev–Trinajstić information content (AvgIpc) is 2.58. The van der Waals surface area contributed by atoms with Gasteiger partial charge in [-0.1, -0.05) is 0 Å². The molecule has 2 aromatic rings. The maximum Gasteiger partial charge on any atom is 0.416 e. The predicted octanol–water partition coefficient (Wildman–Crippen LogP) is 4.93. The summed E-state index contributed by atoms with van der Waals surface area (Å²) < 4.78 is 103. The Kier molecular flexibility index (Phi) is 5.62. The van der Waals surface area contributed by atoms with Crippen molar-refractivity contribution in [1.82, 2.24) is 0 Å². The maximum atomic E-state index is 13.5. The van der Waals surface area contributed by atoms with E-state index in [9.17, 15) is 44.7 Å². The second-order valence-electron chi connectivity index (χ2n) is 5.13. The van der Waals surface area contributed by atoms with E-state index in [1.54, 1.807) is 0 Å². The van der Waals surface area contributed by atoms with E-state index >= 15 is 0 Å². The predicted molar refractivity (Wildman–Crippen MR) is 73.6 cm³/mol. The van der Waals surface area contributed by atoms with Crippen molar-refractivity contribution in [2.75, 3.05) is 0 Å². The van der Waals surface area contributed by atoms with Crippen molar-refractivity contribution in [3.63, 3.8) is 0 Å². The van der Waals surface area contributed by atoms with Crippen LogP contribution in [0.2, 0.25) is 0 Å². The molecule has 28 heavy (non-hydrogen) atoms. The van der Waals surface area contributed by atoms with E-state index < -0.39 is 58.2 Å². The van der Waals surface area contributed by atoms with E-state index in [4.69, 9.17) is 0 Å². The van der Waals surface area contributed by atoms with Crippen molar-refractivity contribution in [3.05, 3.63) is 70.3 Å². The third kappa shape index (κ3) is 4.75. The molecule has 0 spiro atoms. The van der Waals surface area contributed by atoms with Crippen LogP contribution in [-0.4, -0.2) is 11.9 Å². The van der Waals surface area contributed by atoms with Crippen LogP contribution in [0, 0.1) is 11.6 Å². The topological polar surface area (TPSA) is 52.6 Å². The molecule has 0 bridgehead atoms. The van der Waals surface area contributed by atoms with E-state index in [-0.39, 0.29) is 12.1 Å². The number of benzene rings is 2. The van der Waals surface area contributed by atoms with Crippen LogP contribution in [0.15, 0.2) is 36.4 Å². The van der Waals surface area contributed by atoms with Gasteiger partial charge in [0.25, 0.3) is 0 Å². The Balaban J connectivity index is 2.19. The largest absolute Gasteiger partial charge is 0.416 e. The first kappa shape index (κ1) is 21.1. The molecule has 0 amide bonds. The fraction of sp³-hybridized carbons (Fsp3) is 0.125. The minimum atomic E-state index is -4.93. The molecule has 0 aliphatic carbocycles. The van der Waals surface area contributed by atoms with Gasteiger partial charge in [-0.3, -0.25) is 0 Å². The van der Waals surface area contributed by atoms with Crippen LogP contribution in [0.4, 0.5) is 35.1 Å². The number of halogens is 8. The van der Waals surface area contributed by atoms with Gasteiger partial charge in [-0.2, -0.15) is 26.3 Å². The molecule has 0 saturated carbocycles. The third-order valence-electron chi connectivity index (χ3n) is 3.22. The molecule has 0 fully saturated rings. The Morgan fingerprint density at radius 1 is 0.643 bits per heavy atom. The number of carbonyl (C=O) groups is 2. The molecule has 12 heteroatoms. The van der Waals surface area contributed by atoms with E-state index in [1.165, 1.54) is 0 Å². The van der Waals surface area contributed by atoms with Gasteiger partial charge in [0.1, 0.15) is 22.8 Å². The fourth-order valence-corrected chi connectivity index (χ4v) is 1.88. The molecule has 0 aliphatic rings. The van der Waals surface area contributed by atoms with E-state index in [2.05, 4.69) is 9.78 Å².